The van der Waals surface area contributed by atoms with E-state index >= 15 is 0 Å². The van der Waals surface area contributed by atoms with Crippen LogP contribution in [0.3, 0.4) is 0 Å². The molecule has 6 aliphatic heterocycles. The first-order valence-electron chi connectivity index (χ1n) is 31.4. The largest absolute Gasteiger partial charge is 0.316 e. The summed E-state index contributed by atoms with van der Waals surface area (Å²) >= 11 is 0. The predicted octanol–water partition coefficient (Wildman–Crippen LogP) is 16.7. The van der Waals surface area contributed by atoms with Crippen molar-refractivity contribution in [1.29, 1.82) is 0 Å². The first kappa shape index (κ1) is 50.1. The number of hydrogen-bond donors (Lipinski definition) is 0. The Morgan fingerprint density at radius 2 is 0.506 bits per heavy atom. The second kappa shape index (κ2) is 15.8. The molecule has 0 radical (unpaired) electrons. The van der Waals surface area contributed by atoms with Crippen molar-refractivity contribution in [1.82, 2.24) is 0 Å². The van der Waals surface area contributed by atoms with E-state index in [1.165, 1.54) is 162 Å². The number of hydrogen-bond acceptors (Lipinski definition) is 3. The highest BCUT2D eigenvalue weighted by atomic mass is 15.3. The van der Waals surface area contributed by atoms with Gasteiger partial charge in [-0.3, -0.25) is 0 Å². The van der Waals surface area contributed by atoms with Gasteiger partial charge in [0.25, 0.3) is 0 Å². The minimum Gasteiger partial charge on any atom is -0.316 e. The molecule has 3 nitrogen and oxygen atoms in total. The summed E-state index contributed by atoms with van der Waals surface area (Å²) in [5.74, 6) is 0. The topological polar surface area (TPSA) is 9.72 Å². The molecule has 0 saturated heterocycles. The molecule has 12 aliphatic rings. The first-order chi connectivity index (χ1) is 40.7. The van der Waals surface area contributed by atoms with Crippen LogP contribution in [-0.2, 0) is 0 Å². The van der Waals surface area contributed by atoms with Crippen molar-refractivity contribution in [2.45, 2.75) is 90.0 Å². The molecule has 0 unspecified atom stereocenters. The van der Waals surface area contributed by atoms with E-state index in [-0.39, 0.29) is 52.6 Å². The molecule has 0 aromatic heterocycles. The fourth-order valence-electron chi connectivity index (χ4n) is 19.4. The molecule has 6 aromatic rings. The lowest BCUT2D eigenvalue weighted by Gasteiger charge is -2.58. The van der Waals surface area contributed by atoms with Gasteiger partial charge in [0, 0.05) is 83.7 Å². The van der Waals surface area contributed by atoms with Crippen LogP contribution in [0, 0.1) is 32.5 Å². The van der Waals surface area contributed by atoms with Crippen LogP contribution in [-0.4, -0.2) is 20.1 Å². The minimum atomic E-state index is -0.386. The summed E-state index contributed by atoms with van der Waals surface area (Å²) in [6, 6.07) is 57.0. The smallest absolute Gasteiger partial charge is 0.248 e. The second-order valence-corrected chi connectivity index (χ2v) is 29.6. The van der Waals surface area contributed by atoms with Crippen LogP contribution < -0.4 is 31.1 Å². The molecular formula is C79H70B3N3. The molecule has 18 rings (SSSR count). The van der Waals surface area contributed by atoms with Gasteiger partial charge in [-0.25, -0.2) is 0 Å². The summed E-state index contributed by atoms with van der Waals surface area (Å²) in [7, 11) is 0. The second-order valence-electron chi connectivity index (χ2n) is 29.6. The first-order valence-corrected chi connectivity index (χ1v) is 31.4. The number of benzene rings is 6. The van der Waals surface area contributed by atoms with E-state index in [0.29, 0.717) is 0 Å². The van der Waals surface area contributed by atoms with Gasteiger partial charge >= 0.3 is 0 Å². The van der Waals surface area contributed by atoms with E-state index in [2.05, 4.69) is 293 Å². The van der Waals surface area contributed by atoms with Crippen LogP contribution in [0.2, 0.25) is 0 Å². The van der Waals surface area contributed by atoms with Crippen molar-refractivity contribution in [3.8, 4) is 0 Å². The fourth-order valence-corrected chi connectivity index (χ4v) is 19.4. The van der Waals surface area contributed by atoms with Crippen LogP contribution in [0.4, 0.5) is 17.1 Å². The van der Waals surface area contributed by atoms with Crippen LogP contribution in [0.1, 0.15) is 118 Å². The number of anilines is 3. The van der Waals surface area contributed by atoms with Gasteiger partial charge in [-0.05, 0) is 114 Å². The summed E-state index contributed by atoms with van der Waals surface area (Å²) in [6.07, 6.45) is 16.1. The Kier molecular flexibility index (Phi) is 9.32. The normalized spacial score (nSPS) is 23.2. The Morgan fingerprint density at radius 3 is 0.776 bits per heavy atom. The van der Waals surface area contributed by atoms with Gasteiger partial charge < -0.3 is 14.7 Å². The highest BCUT2D eigenvalue weighted by Gasteiger charge is 2.67. The van der Waals surface area contributed by atoms with Gasteiger partial charge in [0.2, 0.25) is 20.1 Å². The Labute approximate surface area is 504 Å². The van der Waals surface area contributed by atoms with E-state index < -0.39 is 0 Å². The molecule has 6 aliphatic carbocycles. The molecule has 0 bridgehead atoms. The van der Waals surface area contributed by atoms with E-state index in [4.69, 9.17) is 0 Å². The lowest BCUT2D eigenvalue weighted by atomic mass is 9.22. The zero-order valence-corrected chi connectivity index (χ0v) is 51.5. The van der Waals surface area contributed by atoms with Crippen molar-refractivity contribution in [2.24, 2.45) is 32.5 Å². The van der Waals surface area contributed by atoms with E-state index in [9.17, 15) is 0 Å². The predicted molar refractivity (Wildman–Crippen MR) is 361 cm³/mol. The Morgan fingerprint density at radius 1 is 0.271 bits per heavy atom. The van der Waals surface area contributed by atoms with Crippen molar-refractivity contribution in [2.75, 3.05) is 14.7 Å². The summed E-state index contributed by atoms with van der Waals surface area (Å²) < 4.78 is 0. The van der Waals surface area contributed by atoms with E-state index in [1.807, 2.05) is 0 Å². The Balaban J connectivity index is 1.05. The third kappa shape index (κ3) is 5.76. The van der Waals surface area contributed by atoms with Gasteiger partial charge in [-0.2, -0.15) is 0 Å². The van der Waals surface area contributed by atoms with Crippen molar-refractivity contribution in [3.63, 3.8) is 0 Å². The molecule has 0 atom stereocenters. The SMILES string of the molecule is CC1=CC2=C(B3C4=C(N5C6=C(B7C8=C(N9C%10=C(B%11C%12=C(N2c2c3c5c7c9c2%11)C(C)(C)C(c2ccccc2)=C%12)C(C)(C)C(c2ccccc2)=C%10)C(C)(C)C(c2ccccc2)=C8)C(C)(C)C(c2ccccc2)=C6)C(C)(C)C(c2ccccc2)=C4)C1(C)C. The Bertz CT molecular complexity index is 4520. The van der Waals surface area contributed by atoms with Crippen molar-refractivity contribution in [3.05, 3.63) is 289 Å². The quantitative estimate of drug-likeness (QED) is 0.159. The number of fused-ring (bicyclic) bond motifs is 12. The van der Waals surface area contributed by atoms with Crippen LogP contribution >= 0.6 is 0 Å². The molecular weight excluding hydrogens is 1020 g/mol. The molecule has 0 saturated carbocycles. The molecule has 6 heterocycles. The molecule has 410 valence electrons. The molecule has 0 amide bonds. The molecule has 85 heavy (non-hydrogen) atoms. The molecule has 0 spiro atoms. The molecule has 6 aromatic carbocycles. The summed E-state index contributed by atoms with van der Waals surface area (Å²) in [5.41, 5.74) is 39.0. The Hall–Kier alpha value is -8.21. The summed E-state index contributed by atoms with van der Waals surface area (Å²) in [5, 5.41) is 0. The lowest BCUT2D eigenvalue weighted by Crippen LogP contribution is -2.68. The zero-order chi connectivity index (χ0) is 58.1. The summed E-state index contributed by atoms with van der Waals surface area (Å²) in [6.45, 7) is 33.0. The van der Waals surface area contributed by atoms with E-state index in [1.54, 1.807) is 0 Å². The number of rotatable bonds is 5. The van der Waals surface area contributed by atoms with Gasteiger partial charge in [0.15, 0.2) is 0 Å². The van der Waals surface area contributed by atoms with Gasteiger partial charge in [0.05, 0.1) is 0 Å². The number of allylic oxidation sites excluding steroid dienone is 18. The minimum absolute atomic E-state index is 0.00105. The van der Waals surface area contributed by atoms with Crippen molar-refractivity contribution < 1.29 is 0 Å². The fraction of sp³-hybridized carbons (Fsp3) is 0.241. The van der Waals surface area contributed by atoms with Gasteiger partial charge in [-0.15, -0.1) is 0 Å². The van der Waals surface area contributed by atoms with Crippen LogP contribution in [0.25, 0.3) is 27.9 Å². The van der Waals surface area contributed by atoms with Gasteiger partial charge in [0.1, 0.15) is 0 Å². The van der Waals surface area contributed by atoms with Crippen LogP contribution in [0.5, 0.6) is 0 Å². The average Bonchev–Trinajstić information content (AvgIpc) is 1.59. The van der Waals surface area contributed by atoms with Crippen molar-refractivity contribution >= 4 is 81.5 Å². The zero-order valence-electron chi connectivity index (χ0n) is 51.5. The molecule has 0 fully saturated rings. The monoisotopic (exact) mass is 1090 g/mol. The average molecular weight is 1090 g/mol. The maximum absolute atomic E-state index is 2.93. The maximum atomic E-state index is 2.93. The lowest BCUT2D eigenvalue weighted by molar-refractivity contribution is 0.565. The third-order valence-corrected chi connectivity index (χ3v) is 23.3. The summed E-state index contributed by atoms with van der Waals surface area (Å²) in [4.78, 5) is 8.79. The van der Waals surface area contributed by atoms with Crippen LogP contribution in [0.15, 0.2) is 261 Å². The van der Waals surface area contributed by atoms with E-state index in [0.717, 1.165) is 0 Å². The third-order valence-electron chi connectivity index (χ3n) is 23.3. The molecule has 0 N–H and O–H groups in total. The standard InChI is InChI=1S/C79H70B3N3/c1-45-39-59-68(74(45,2)3)80-56-40-51(46-29-19-14-20-30-46)78(10,11)72(56)84-60-43-54(49-35-25-17-26-36-49)76(6,7)70(60)82-58-42-53(48-33-23-16-24-34-48)79(12,13)73(58)85-61-44-55(50-37-27-18-28-38-50)75(4,5)69(61)81-57-41-52(47-31-21-15-22-32-47)77(8,9)71(57)83(59)65-62(80)66(84)64(82)67(85)63(65)81/h14-44H,1-13H3. The highest BCUT2D eigenvalue weighted by molar-refractivity contribution is 7.00. The maximum Gasteiger partial charge on any atom is 0.248 e. The number of nitrogens with zero attached hydrogens (tertiary/aromatic N) is 3. The van der Waals surface area contributed by atoms with Gasteiger partial charge in [-0.1, -0.05) is 275 Å². The molecule has 6 heteroatoms. The highest BCUT2D eigenvalue weighted by Crippen LogP contribution is 2.69.